The number of hydrogen-bond acceptors (Lipinski definition) is 8. The van der Waals surface area contributed by atoms with Crippen LogP contribution in [0.25, 0.3) is 0 Å². The van der Waals surface area contributed by atoms with Crippen molar-refractivity contribution in [1.29, 1.82) is 0 Å². The molecule has 0 aliphatic heterocycles. The smallest absolute Gasteiger partial charge is 0.295 e. The van der Waals surface area contributed by atoms with Crippen LogP contribution < -0.4 is 16.6 Å². The molecule has 9 nitrogen and oxygen atoms in total. The van der Waals surface area contributed by atoms with E-state index in [1.165, 1.54) is 11.6 Å². The fourth-order valence-electron chi connectivity index (χ4n) is 1.41. The van der Waals surface area contributed by atoms with Gasteiger partial charge < -0.3 is 5.43 Å². The van der Waals surface area contributed by atoms with Crippen LogP contribution in [0.4, 0.5) is 16.5 Å². The Kier molecular flexibility index (Phi) is 4.08. The first-order valence-corrected chi connectivity index (χ1v) is 6.30. The number of halogens is 1. The molecule has 0 saturated carbocycles. The van der Waals surface area contributed by atoms with E-state index < -0.39 is 16.5 Å². The standard InChI is InChI=1S/C9H7ClN6O3S/c10-5-1-4(2-6(16(18)19)7(5)14-11)8(17)13-9-15-12-3-20-9/h1-3,14H,11H2,(H,13,15,17). The van der Waals surface area contributed by atoms with E-state index in [0.717, 1.165) is 17.4 Å². The zero-order valence-electron chi connectivity index (χ0n) is 9.66. The third-order valence-electron chi connectivity index (χ3n) is 2.25. The molecule has 0 unspecified atom stereocenters. The molecule has 2 rings (SSSR count). The van der Waals surface area contributed by atoms with E-state index in [1.807, 2.05) is 0 Å². The van der Waals surface area contributed by atoms with Crippen LogP contribution in [-0.2, 0) is 0 Å². The molecule has 0 bridgehead atoms. The number of nitrogens with zero attached hydrogens (tertiary/aromatic N) is 3. The molecule has 0 fully saturated rings. The normalized spacial score (nSPS) is 10.1. The van der Waals surface area contributed by atoms with Crippen molar-refractivity contribution in [2.75, 3.05) is 10.7 Å². The van der Waals surface area contributed by atoms with Crippen LogP contribution in [0.1, 0.15) is 10.4 Å². The number of nitrogens with two attached hydrogens (primary N) is 1. The molecule has 0 atom stereocenters. The van der Waals surface area contributed by atoms with E-state index in [0.29, 0.717) is 0 Å². The topological polar surface area (TPSA) is 136 Å². The van der Waals surface area contributed by atoms with Crippen LogP contribution in [0.5, 0.6) is 0 Å². The summed E-state index contributed by atoms with van der Waals surface area (Å²) in [5.74, 6) is 4.58. The van der Waals surface area contributed by atoms with E-state index in [2.05, 4.69) is 20.9 Å². The Morgan fingerprint density at radius 2 is 2.25 bits per heavy atom. The van der Waals surface area contributed by atoms with Gasteiger partial charge in [0.15, 0.2) is 0 Å². The Hall–Kier alpha value is -2.30. The summed E-state index contributed by atoms with van der Waals surface area (Å²) >= 11 is 6.97. The third kappa shape index (κ3) is 2.82. The number of nitro groups is 1. The summed E-state index contributed by atoms with van der Waals surface area (Å²) in [4.78, 5) is 22.2. The zero-order chi connectivity index (χ0) is 14.7. The molecule has 0 saturated heterocycles. The van der Waals surface area contributed by atoms with E-state index in [9.17, 15) is 14.9 Å². The van der Waals surface area contributed by atoms with Gasteiger partial charge in [-0.25, -0.2) is 0 Å². The van der Waals surface area contributed by atoms with Gasteiger partial charge in [-0.1, -0.05) is 22.9 Å². The van der Waals surface area contributed by atoms with Gasteiger partial charge in [0.05, 0.1) is 9.95 Å². The molecule has 0 aliphatic rings. The van der Waals surface area contributed by atoms with Crippen molar-refractivity contribution in [2.24, 2.45) is 5.84 Å². The van der Waals surface area contributed by atoms with Crippen molar-refractivity contribution in [1.82, 2.24) is 10.2 Å². The van der Waals surface area contributed by atoms with Crippen LogP contribution in [0, 0.1) is 10.1 Å². The summed E-state index contributed by atoms with van der Waals surface area (Å²) in [7, 11) is 0. The van der Waals surface area contributed by atoms with Crippen LogP contribution in [0.15, 0.2) is 17.6 Å². The number of carbonyl (C=O) groups excluding carboxylic acids is 1. The average molecular weight is 315 g/mol. The van der Waals surface area contributed by atoms with Crippen molar-refractivity contribution < 1.29 is 9.72 Å². The molecule has 1 aromatic heterocycles. The number of carbonyl (C=O) groups is 1. The second-order valence-corrected chi connectivity index (χ2v) is 4.69. The van der Waals surface area contributed by atoms with Gasteiger partial charge in [-0.2, -0.15) is 0 Å². The lowest BCUT2D eigenvalue weighted by Gasteiger charge is -2.07. The summed E-state index contributed by atoms with van der Waals surface area (Å²) in [5.41, 5.74) is 3.11. The predicted molar refractivity (Wildman–Crippen MR) is 73.8 cm³/mol. The highest BCUT2D eigenvalue weighted by Crippen LogP contribution is 2.33. The van der Waals surface area contributed by atoms with Crippen molar-refractivity contribution in [3.63, 3.8) is 0 Å². The Morgan fingerprint density at radius 1 is 1.50 bits per heavy atom. The molecule has 2 aromatic rings. The quantitative estimate of drug-likeness (QED) is 0.443. The Labute approximate surface area is 120 Å². The van der Waals surface area contributed by atoms with Gasteiger partial charge in [0.25, 0.3) is 11.6 Å². The largest absolute Gasteiger partial charge is 0.317 e. The molecular formula is C9H7ClN6O3S. The molecule has 1 amide bonds. The third-order valence-corrected chi connectivity index (χ3v) is 3.16. The van der Waals surface area contributed by atoms with E-state index in [4.69, 9.17) is 17.4 Å². The molecule has 1 aromatic carbocycles. The number of hydrogen-bond donors (Lipinski definition) is 3. The first-order valence-electron chi connectivity index (χ1n) is 5.05. The number of anilines is 2. The number of rotatable bonds is 4. The highest BCUT2D eigenvalue weighted by Gasteiger charge is 2.21. The highest BCUT2D eigenvalue weighted by atomic mass is 35.5. The van der Waals surface area contributed by atoms with Crippen LogP contribution in [0.2, 0.25) is 5.02 Å². The highest BCUT2D eigenvalue weighted by molar-refractivity contribution is 7.13. The summed E-state index contributed by atoms with van der Waals surface area (Å²) in [6.07, 6.45) is 0. The molecule has 11 heteroatoms. The number of nitrogens with one attached hydrogen (secondary N) is 2. The van der Waals surface area contributed by atoms with Crippen molar-refractivity contribution >= 4 is 45.4 Å². The monoisotopic (exact) mass is 314 g/mol. The number of nitro benzene ring substituents is 1. The maximum absolute atomic E-state index is 11.9. The minimum atomic E-state index is -0.692. The Morgan fingerprint density at radius 3 is 2.80 bits per heavy atom. The summed E-state index contributed by atoms with van der Waals surface area (Å²) in [5, 5.41) is 20.8. The van der Waals surface area contributed by atoms with Gasteiger partial charge in [0.1, 0.15) is 11.2 Å². The molecule has 0 aliphatic carbocycles. The minimum absolute atomic E-state index is 0.0101. The van der Waals surface area contributed by atoms with Gasteiger partial charge in [0, 0.05) is 11.6 Å². The van der Waals surface area contributed by atoms with Crippen LogP contribution in [0.3, 0.4) is 0 Å². The molecule has 1 heterocycles. The minimum Gasteiger partial charge on any atom is -0.317 e. The first-order chi connectivity index (χ1) is 9.52. The second kappa shape index (κ2) is 5.77. The Bertz CT molecular complexity index is 662. The average Bonchev–Trinajstić information content (AvgIpc) is 2.90. The van der Waals surface area contributed by atoms with Gasteiger partial charge in [-0.05, 0) is 6.07 Å². The molecule has 20 heavy (non-hydrogen) atoms. The first kappa shape index (κ1) is 14.1. The lowest BCUT2D eigenvalue weighted by molar-refractivity contribution is -0.384. The van der Waals surface area contributed by atoms with E-state index in [-0.39, 0.29) is 21.4 Å². The van der Waals surface area contributed by atoms with Crippen LogP contribution in [-0.4, -0.2) is 21.0 Å². The molecule has 4 N–H and O–H groups in total. The van der Waals surface area contributed by atoms with Crippen molar-refractivity contribution in [2.45, 2.75) is 0 Å². The number of hydrazine groups is 1. The van der Waals surface area contributed by atoms with Crippen molar-refractivity contribution in [3.8, 4) is 0 Å². The van der Waals surface area contributed by atoms with E-state index in [1.54, 1.807) is 0 Å². The number of nitrogen functional groups attached to an aromatic ring is 1. The van der Waals surface area contributed by atoms with Gasteiger partial charge >= 0.3 is 0 Å². The predicted octanol–water partition coefficient (Wildman–Crippen LogP) is 1.64. The molecule has 104 valence electrons. The van der Waals surface area contributed by atoms with Gasteiger partial charge in [-0.15, -0.1) is 10.2 Å². The fraction of sp³-hybridized carbons (Fsp3) is 0. The Balaban J connectivity index is 2.37. The van der Waals surface area contributed by atoms with Crippen molar-refractivity contribution in [3.05, 3.63) is 38.3 Å². The molecule has 0 radical (unpaired) electrons. The van der Waals surface area contributed by atoms with Gasteiger partial charge in [0.2, 0.25) is 5.13 Å². The zero-order valence-corrected chi connectivity index (χ0v) is 11.2. The van der Waals surface area contributed by atoms with Crippen LogP contribution >= 0.6 is 22.9 Å². The summed E-state index contributed by atoms with van der Waals surface area (Å²) < 4.78 is 0. The lowest BCUT2D eigenvalue weighted by atomic mass is 10.1. The summed E-state index contributed by atoms with van der Waals surface area (Å²) in [6, 6.07) is 2.33. The number of aromatic nitrogens is 2. The second-order valence-electron chi connectivity index (χ2n) is 3.45. The van der Waals surface area contributed by atoms with Gasteiger partial charge in [-0.3, -0.25) is 26.1 Å². The van der Waals surface area contributed by atoms with E-state index >= 15 is 0 Å². The maximum Gasteiger partial charge on any atom is 0.295 e. The number of amides is 1. The number of benzene rings is 1. The molecular weight excluding hydrogens is 308 g/mol. The SMILES string of the molecule is NNc1c(Cl)cc(C(=O)Nc2nncs2)cc1[N+](=O)[O-]. The fourth-order valence-corrected chi connectivity index (χ4v) is 2.12. The summed E-state index contributed by atoms with van der Waals surface area (Å²) in [6.45, 7) is 0. The molecule has 0 spiro atoms. The maximum atomic E-state index is 11.9. The lowest BCUT2D eigenvalue weighted by Crippen LogP contribution is -2.14.